The highest BCUT2D eigenvalue weighted by atomic mass is 16.4. The van der Waals surface area contributed by atoms with Crippen molar-refractivity contribution in [3.05, 3.63) is 57.6 Å². The van der Waals surface area contributed by atoms with Crippen molar-refractivity contribution in [3.8, 4) is 11.5 Å². The predicted molar refractivity (Wildman–Crippen MR) is 202 cm³/mol. The lowest BCUT2D eigenvalue weighted by Crippen LogP contribution is -2.47. The van der Waals surface area contributed by atoms with Crippen LogP contribution in [-0.2, 0) is 37.7 Å². The van der Waals surface area contributed by atoms with E-state index in [1.807, 2.05) is 80.5 Å². The Balaban J connectivity index is 2.96. The summed E-state index contributed by atoms with van der Waals surface area (Å²) in [5.74, 6) is -4.12. The van der Waals surface area contributed by atoms with Gasteiger partial charge in [-0.2, -0.15) is 0 Å². The fraction of sp³-hybridized carbons (Fsp3) is 0.674. The van der Waals surface area contributed by atoms with Gasteiger partial charge in [-0.15, -0.1) is 0 Å². The topological polar surface area (TPSA) is 115 Å². The van der Waals surface area contributed by atoms with Gasteiger partial charge in [0, 0.05) is 12.3 Å². The Labute approximate surface area is 297 Å². The van der Waals surface area contributed by atoms with Gasteiger partial charge < -0.3 is 20.4 Å². The summed E-state index contributed by atoms with van der Waals surface area (Å²) in [6.07, 6.45) is 8.07. The summed E-state index contributed by atoms with van der Waals surface area (Å²) in [7, 11) is 0. The first kappa shape index (κ1) is 42.1. The maximum Gasteiger partial charge on any atom is 0.322 e. The Morgan fingerprint density at radius 1 is 0.571 bits per heavy atom. The second kappa shape index (κ2) is 15.9. The minimum atomic E-state index is -2.37. The number of hydrogen-bond acceptors (Lipinski definition) is 4. The number of phenols is 2. The molecule has 0 aliphatic heterocycles. The van der Waals surface area contributed by atoms with Crippen molar-refractivity contribution >= 4 is 11.9 Å². The number of unbranched alkanes of at least 4 members (excludes halogenated alkanes) is 7. The predicted octanol–water partition coefficient (Wildman–Crippen LogP) is 11.3. The second-order valence-corrected chi connectivity index (χ2v) is 18.6. The number of aliphatic carboxylic acids is 2. The van der Waals surface area contributed by atoms with Crippen LogP contribution in [0.15, 0.2) is 24.3 Å². The number of carboxylic acids is 2. The molecule has 4 N–H and O–H groups in total. The van der Waals surface area contributed by atoms with Crippen LogP contribution in [0.5, 0.6) is 11.5 Å². The van der Waals surface area contributed by atoms with Gasteiger partial charge in [-0.1, -0.05) is 166 Å². The number of aromatic hydroxyl groups is 2. The summed E-state index contributed by atoms with van der Waals surface area (Å²) < 4.78 is 0. The maximum absolute atomic E-state index is 13.7. The van der Waals surface area contributed by atoms with E-state index in [-0.39, 0.29) is 28.7 Å². The third-order valence-corrected chi connectivity index (χ3v) is 10.2. The van der Waals surface area contributed by atoms with Gasteiger partial charge >= 0.3 is 11.9 Å². The molecule has 2 rings (SSSR count). The maximum atomic E-state index is 13.7. The van der Waals surface area contributed by atoms with Crippen molar-refractivity contribution < 1.29 is 30.0 Å². The van der Waals surface area contributed by atoms with E-state index in [1.54, 1.807) is 6.07 Å². The van der Waals surface area contributed by atoms with Gasteiger partial charge in [0.2, 0.25) is 0 Å². The second-order valence-electron chi connectivity index (χ2n) is 18.6. The average molecular weight is 681 g/mol. The molecule has 2 aromatic carbocycles. The minimum absolute atomic E-state index is 0.0417. The minimum Gasteiger partial charge on any atom is -0.507 e. The highest BCUT2D eigenvalue weighted by molar-refractivity contribution is 6.00. The molecular formula is C43H68O6. The first-order valence-corrected chi connectivity index (χ1v) is 18.5. The number of phenolic OH excluding ortho intramolecular Hbond substituents is 2. The summed E-state index contributed by atoms with van der Waals surface area (Å²) in [6.45, 7) is 26.5. The molecule has 0 radical (unpaired) electrons. The lowest BCUT2D eigenvalue weighted by atomic mass is 9.64. The molecule has 2 aromatic rings. The lowest BCUT2D eigenvalue weighted by Gasteiger charge is -2.37. The van der Waals surface area contributed by atoms with Crippen molar-refractivity contribution in [1.82, 2.24) is 0 Å². The number of rotatable bonds is 15. The van der Waals surface area contributed by atoms with Crippen LogP contribution in [0.1, 0.15) is 187 Å². The molecule has 0 bridgehead atoms. The van der Waals surface area contributed by atoms with Gasteiger partial charge in [0.25, 0.3) is 0 Å². The van der Waals surface area contributed by atoms with E-state index in [0.29, 0.717) is 28.7 Å². The molecule has 276 valence electrons. The SMILES string of the molecule is CCCCCCCCCCC(c1cc(C(C)(C)C)cc(C(C)(C)C)c1O)C(Cc1cc(C(C)(C)C)cc(C(C)(C)C)c1O)(C(=O)O)C(=O)O. The quantitative estimate of drug-likeness (QED) is 0.110. The van der Waals surface area contributed by atoms with Crippen LogP contribution >= 0.6 is 0 Å². The average Bonchev–Trinajstić information content (AvgIpc) is 2.93. The lowest BCUT2D eigenvalue weighted by molar-refractivity contribution is -0.167. The molecule has 0 saturated carbocycles. The fourth-order valence-electron chi connectivity index (χ4n) is 6.88. The first-order valence-electron chi connectivity index (χ1n) is 18.5. The van der Waals surface area contributed by atoms with E-state index >= 15 is 0 Å². The summed E-state index contributed by atoms with van der Waals surface area (Å²) in [6, 6.07) is 7.55. The summed E-state index contributed by atoms with van der Waals surface area (Å²) >= 11 is 0. The third kappa shape index (κ3) is 10.3. The van der Waals surface area contributed by atoms with Crippen molar-refractivity contribution in [2.45, 2.75) is 182 Å². The van der Waals surface area contributed by atoms with Crippen LogP contribution < -0.4 is 0 Å². The molecule has 0 saturated heterocycles. The zero-order chi connectivity index (χ0) is 37.8. The molecule has 0 amide bonds. The summed E-state index contributed by atoms with van der Waals surface area (Å²) in [5.41, 5.74) is -0.265. The fourth-order valence-corrected chi connectivity index (χ4v) is 6.88. The first-order chi connectivity index (χ1) is 22.3. The molecular weight excluding hydrogens is 612 g/mol. The van der Waals surface area contributed by atoms with Crippen LogP contribution in [0.2, 0.25) is 0 Å². The zero-order valence-corrected chi connectivity index (χ0v) is 33.1. The molecule has 0 heterocycles. The van der Waals surface area contributed by atoms with E-state index in [9.17, 15) is 30.0 Å². The van der Waals surface area contributed by atoms with E-state index < -0.39 is 40.5 Å². The molecule has 1 unspecified atom stereocenters. The van der Waals surface area contributed by atoms with Crippen molar-refractivity contribution in [2.75, 3.05) is 0 Å². The van der Waals surface area contributed by atoms with Crippen molar-refractivity contribution in [2.24, 2.45) is 5.41 Å². The molecule has 1 atom stereocenters. The van der Waals surface area contributed by atoms with Gasteiger partial charge in [-0.25, -0.2) is 0 Å². The highest BCUT2D eigenvalue weighted by Crippen LogP contribution is 2.51. The Morgan fingerprint density at radius 3 is 1.39 bits per heavy atom. The Morgan fingerprint density at radius 2 is 0.980 bits per heavy atom. The molecule has 49 heavy (non-hydrogen) atoms. The molecule has 0 aromatic heterocycles. The van der Waals surface area contributed by atoms with Crippen molar-refractivity contribution in [3.63, 3.8) is 0 Å². The number of carboxylic acid groups (broad SMARTS) is 2. The van der Waals surface area contributed by atoms with E-state index in [4.69, 9.17) is 0 Å². The number of benzene rings is 2. The van der Waals surface area contributed by atoms with Crippen LogP contribution in [0.3, 0.4) is 0 Å². The molecule has 6 nitrogen and oxygen atoms in total. The molecule has 0 aliphatic carbocycles. The van der Waals surface area contributed by atoms with Crippen LogP contribution in [0.4, 0.5) is 0 Å². The number of carbonyl (C=O) groups is 2. The molecule has 6 heteroatoms. The zero-order valence-electron chi connectivity index (χ0n) is 33.1. The van der Waals surface area contributed by atoms with Crippen LogP contribution in [-0.4, -0.2) is 32.4 Å². The monoisotopic (exact) mass is 681 g/mol. The van der Waals surface area contributed by atoms with Crippen LogP contribution in [0.25, 0.3) is 0 Å². The van der Waals surface area contributed by atoms with Gasteiger partial charge in [0.1, 0.15) is 11.5 Å². The van der Waals surface area contributed by atoms with Gasteiger partial charge in [-0.05, 0) is 61.5 Å². The van der Waals surface area contributed by atoms with E-state index in [2.05, 4.69) is 27.7 Å². The van der Waals surface area contributed by atoms with Crippen molar-refractivity contribution in [1.29, 1.82) is 0 Å². The Bertz CT molecular complexity index is 1430. The van der Waals surface area contributed by atoms with E-state index in [0.717, 1.165) is 36.8 Å². The Hall–Kier alpha value is -3.02. The van der Waals surface area contributed by atoms with E-state index in [1.165, 1.54) is 19.3 Å². The largest absolute Gasteiger partial charge is 0.507 e. The third-order valence-electron chi connectivity index (χ3n) is 10.2. The molecule has 0 aliphatic rings. The standard InChI is InChI=1S/C43H68O6/c1-14-15-16-17-18-19-20-21-22-32(31-24-30(40(5,6)7)26-34(36(31)45)42(11,12)13)43(37(46)47,38(48)49)27-28-23-29(39(2,3)4)25-33(35(28)44)41(8,9)10/h23-26,32,44-45H,14-22,27H2,1-13H3,(H,46,47)(H,48,49). The highest BCUT2D eigenvalue weighted by Gasteiger charge is 2.55. The van der Waals surface area contributed by atoms with Gasteiger partial charge in [0.15, 0.2) is 5.41 Å². The number of hydrogen-bond donors (Lipinski definition) is 4. The van der Waals surface area contributed by atoms with Gasteiger partial charge in [0.05, 0.1) is 0 Å². The van der Waals surface area contributed by atoms with Crippen LogP contribution in [0, 0.1) is 5.41 Å². The molecule has 0 fully saturated rings. The molecule has 0 spiro atoms. The summed E-state index contributed by atoms with van der Waals surface area (Å²) in [4.78, 5) is 27.4. The smallest absolute Gasteiger partial charge is 0.322 e. The Kier molecular flexibility index (Phi) is 13.7. The normalized spacial score (nSPS) is 13.8. The summed E-state index contributed by atoms with van der Waals surface area (Å²) in [5, 5.41) is 46.1. The van der Waals surface area contributed by atoms with Gasteiger partial charge in [-0.3, -0.25) is 9.59 Å².